The second kappa shape index (κ2) is 13.6. The predicted molar refractivity (Wildman–Crippen MR) is 101 cm³/mol. The first kappa shape index (κ1) is 22.4. The highest BCUT2D eigenvalue weighted by atomic mass is 16.5. The first-order valence-electron chi connectivity index (χ1n) is 9.19. The summed E-state index contributed by atoms with van der Waals surface area (Å²) in [4.78, 5) is 34.5. The first-order valence-corrected chi connectivity index (χ1v) is 9.19. The summed E-state index contributed by atoms with van der Waals surface area (Å²) in [7, 11) is 0. The van der Waals surface area contributed by atoms with E-state index in [0.29, 0.717) is 38.8 Å². The van der Waals surface area contributed by atoms with Crippen LogP contribution in [0.4, 0.5) is 4.79 Å². The number of hydrogen-bond acceptors (Lipinski definition) is 5. The minimum absolute atomic E-state index is 0.198. The van der Waals surface area contributed by atoms with E-state index in [1.807, 2.05) is 30.3 Å². The largest absolute Gasteiger partial charge is 0.480 e. The molecule has 0 aliphatic carbocycles. The number of amides is 2. The summed E-state index contributed by atoms with van der Waals surface area (Å²) in [5, 5.41) is 14.3. The van der Waals surface area contributed by atoms with Crippen molar-refractivity contribution >= 4 is 18.0 Å². The summed E-state index contributed by atoms with van der Waals surface area (Å²) in [6.45, 7) is 1.09. The number of carboxylic acid groups (broad SMARTS) is 1. The van der Waals surface area contributed by atoms with Crippen molar-refractivity contribution in [1.82, 2.24) is 10.6 Å². The molecule has 150 valence electrons. The first-order chi connectivity index (χ1) is 13.0. The van der Waals surface area contributed by atoms with Gasteiger partial charge in [0.1, 0.15) is 12.6 Å². The van der Waals surface area contributed by atoms with Gasteiger partial charge >= 0.3 is 12.1 Å². The molecule has 1 atom stereocenters. The number of unbranched alkanes of at least 4 members (excludes halogenated alkanes) is 2. The normalized spacial score (nSPS) is 11.4. The van der Waals surface area contributed by atoms with Crippen LogP contribution in [-0.2, 0) is 20.9 Å². The molecule has 27 heavy (non-hydrogen) atoms. The Morgan fingerprint density at radius 2 is 1.81 bits per heavy atom. The Labute approximate surface area is 159 Å². The number of aliphatic carboxylic acids is 1. The monoisotopic (exact) mass is 379 g/mol. The Balaban J connectivity index is 2.15. The molecule has 1 aromatic rings. The fourth-order valence-electron chi connectivity index (χ4n) is 2.39. The Bertz CT molecular complexity index is 580. The van der Waals surface area contributed by atoms with E-state index in [0.717, 1.165) is 12.0 Å². The van der Waals surface area contributed by atoms with Crippen LogP contribution in [0.2, 0.25) is 0 Å². The lowest BCUT2D eigenvalue weighted by Gasteiger charge is -2.14. The van der Waals surface area contributed by atoms with Crippen LogP contribution in [0.5, 0.6) is 0 Å². The molecule has 0 heterocycles. The van der Waals surface area contributed by atoms with Crippen molar-refractivity contribution in [3.63, 3.8) is 0 Å². The molecule has 0 fully saturated rings. The number of nitrogens with two attached hydrogens (primary N) is 1. The third kappa shape index (κ3) is 10.9. The number of hydrogen-bond donors (Lipinski definition) is 4. The van der Waals surface area contributed by atoms with Gasteiger partial charge in [-0.2, -0.15) is 0 Å². The Morgan fingerprint density at radius 3 is 2.48 bits per heavy atom. The van der Waals surface area contributed by atoms with Gasteiger partial charge in [0.2, 0.25) is 5.91 Å². The number of carbonyl (C=O) groups is 3. The summed E-state index contributed by atoms with van der Waals surface area (Å²) in [5.74, 6) is -1.34. The smallest absolute Gasteiger partial charge is 0.407 e. The molecule has 0 radical (unpaired) electrons. The molecule has 2 amide bonds. The van der Waals surface area contributed by atoms with Gasteiger partial charge in [-0.15, -0.1) is 0 Å². The van der Waals surface area contributed by atoms with E-state index in [1.54, 1.807) is 0 Å². The second-order valence-corrected chi connectivity index (χ2v) is 6.19. The minimum Gasteiger partial charge on any atom is -0.480 e. The number of nitrogens with one attached hydrogen (secondary N) is 2. The van der Waals surface area contributed by atoms with Gasteiger partial charge in [0.25, 0.3) is 0 Å². The zero-order valence-electron chi connectivity index (χ0n) is 15.5. The fourth-order valence-corrected chi connectivity index (χ4v) is 2.39. The van der Waals surface area contributed by atoms with E-state index in [2.05, 4.69) is 10.6 Å². The van der Waals surface area contributed by atoms with E-state index in [9.17, 15) is 19.5 Å². The van der Waals surface area contributed by atoms with E-state index in [-0.39, 0.29) is 18.9 Å². The van der Waals surface area contributed by atoms with Crippen molar-refractivity contribution in [2.45, 2.75) is 51.2 Å². The molecule has 1 aromatic carbocycles. The lowest BCUT2D eigenvalue weighted by molar-refractivity contribution is -0.142. The number of ether oxygens (including phenoxy) is 1. The van der Waals surface area contributed by atoms with E-state index < -0.39 is 18.1 Å². The predicted octanol–water partition coefficient (Wildman–Crippen LogP) is 1.78. The zero-order valence-corrected chi connectivity index (χ0v) is 15.5. The van der Waals surface area contributed by atoms with Gasteiger partial charge in [-0.1, -0.05) is 30.3 Å². The SMILES string of the molecule is NCCCCC(=O)N[C@H](CCCCNC(=O)OCc1ccccc1)C(=O)O. The van der Waals surface area contributed by atoms with Crippen LogP contribution in [0.25, 0.3) is 0 Å². The third-order valence-electron chi connectivity index (χ3n) is 3.89. The van der Waals surface area contributed by atoms with Crippen molar-refractivity contribution in [3.8, 4) is 0 Å². The molecular formula is C19H29N3O5. The molecule has 0 unspecified atom stereocenters. The topological polar surface area (TPSA) is 131 Å². The summed E-state index contributed by atoms with van der Waals surface area (Å²) < 4.78 is 5.08. The quantitative estimate of drug-likeness (QED) is 0.386. The minimum atomic E-state index is -1.06. The Hall–Kier alpha value is -2.61. The highest BCUT2D eigenvalue weighted by Crippen LogP contribution is 2.04. The Kier molecular flexibility index (Phi) is 11.3. The molecular weight excluding hydrogens is 350 g/mol. The molecule has 0 saturated heterocycles. The summed E-state index contributed by atoms with van der Waals surface area (Å²) in [6.07, 6.45) is 2.59. The van der Waals surface area contributed by atoms with Crippen molar-refractivity contribution in [2.75, 3.05) is 13.1 Å². The molecule has 0 aromatic heterocycles. The van der Waals surface area contributed by atoms with Crippen LogP contribution in [0.15, 0.2) is 30.3 Å². The number of alkyl carbamates (subject to hydrolysis) is 1. The summed E-state index contributed by atoms with van der Waals surface area (Å²) in [5.41, 5.74) is 6.27. The lowest BCUT2D eigenvalue weighted by atomic mass is 10.1. The number of carbonyl (C=O) groups excluding carboxylic acids is 2. The molecule has 1 rings (SSSR count). The fraction of sp³-hybridized carbons (Fsp3) is 0.526. The van der Waals surface area contributed by atoms with Gasteiger partial charge in [0, 0.05) is 13.0 Å². The van der Waals surface area contributed by atoms with Crippen LogP contribution in [0.3, 0.4) is 0 Å². The molecule has 0 aliphatic rings. The van der Waals surface area contributed by atoms with Crippen LogP contribution in [-0.4, -0.2) is 42.2 Å². The van der Waals surface area contributed by atoms with Gasteiger partial charge in [-0.3, -0.25) is 4.79 Å². The molecule has 0 spiro atoms. The third-order valence-corrected chi connectivity index (χ3v) is 3.89. The highest BCUT2D eigenvalue weighted by Gasteiger charge is 2.19. The van der Waals surface area contributed by atoms with E-state index >= 15 is 0 Å². The van der Waals surface area contributed by atoms with Gasteiger partial charge in [-0.05, 0) is 44.2 Å². The summed E-state index contributed by atoms with van der Waals surface area (Å²) in [6, 6.07) is 8.43. The molecule has 8 heteroatoms. The van der Waals surface area contributed by atoms with Gasteiger partial charge in [0.15, 0.2) is 0 Å². The van der Waals surface area contributed by atoms with Crippen LogP contribution in [0.1, 0.15) is 44.1 Å². The van der Waals surface area contributed by atoms with Gasteiger partial charge < -0.3 is 26.2 Å². The molecule has 0 saturated carbocycles. The molecule has 8 nitrogen and oxygen atoms in total. The van der Waals surface area contributed by atoms with Gasteiger partial charge in [0.05, 0.1) is 0 Å². The van der Waals surface area contributed by atoms with Gasteiger partial charge in [-0.25, -0.2) is 9.59 Å². The Morgan fingerprint density at radius 1 is 1.07 bits per heavy atom. The average Bonchev–Trinajstić information content (AvgIpc) is 2.66. The number of carboxylic acids is 1. The second-order valence-electron chi connectivity index (χ2n) is 6.19. The van der Waals surface area contributed by atoms with Crippen molar-refractivity contribution < 1.29 is 24.2 Å². The van der Waals surface area contributed by atoms with Crippen molar-refractivity contribution in [1.29, 1.82) is 0 Å². The van der Waals surface area contributed by atoms with Crippen LogP contribution >= 0.6 is 0 Å². The van der Waals surface area contributed by atoms with E-state index in [4.69, 9.17) is 10.5 Å². The highest BCUT2D eigenvalue weighted by molar-refractivity contribution is 5.83. The maximum absolute atomic E-state index is 11.7. The van der Waals surface area contributed by atoms with Crippen molar-refractivity contribution in [2.24, 2.45) is 5.73 Å². The summed E-state index contributed by atoms with van der Waals surface area (Å²) >= 11 is 0. The molecule has 0 bridgehead atoms. The maximum atomic E-state index is 11.7. The standard InChI is InChI=1S/C19H29N3O5/c20-12-6-4-11-17(23)22-16(18(24)25)10-5-7-13-21-19(26)27-14-15-8-2-1-3-9-15/h1-3,8-9,16H,4-7,10-14,20H2,(H,21,26)(H,22,23)(H,24,25)/t16-/m1/s1. The van der Waals surface area contributed by atoms with Crippen LogP contribution in [0, 0.1) is 0 Å². The number of rotatable bonds is 13. The number of benzene rings is 1. The molecule has 0 aliphatic heterocycles. The zero-order chi connectivity index (χ0) is 19.9. The maximum Gasteiger partial charge on any atom is 0.407 e. The van der Waals surface area contributed by atoms with E-state index in [1.165, 1.54) is 0 Å². The lowest BCUT2D eigenvalue weighted by Crippen LogP contribution is -2.40. The van der Waals surface area contributed by atoms with Crippen LogP contribution < -0.4 is 16.4 Å². The molecule has 5 N–H and O–H groups in total. The van der Waals surface area contributed by atoms with Crippen molar-refractivity contribution in [3.05, 3.63) is 35.9 Å². The average molecular weight is 379 g/mol.